The van der Waals surface area contributed by atoms with E-state index in [0.717, 1.165) is 0 Å². The van der Waals surface area contributed by atoms with Crippen molar-refractivity contribution in [1.29, 1.82) is 0 Å². The summed E-state index contributed by atoms with van der Waals surface area (Å²) in [4.78, 5) is 0. The normalized spacial score (nSPS) is 11.6. The van der Waals surface area contributed by atoms with Gasteiger partial charge in [0.2, 0.25) is 0 Å². The average molecular weight is 251 g/mol. The molecule has 0 heterocycles. The van der Waals surface area contributed by atoms with Crippen molar-refractivity contribution in [2.75, 3.05) is 19.7 Å². The maximum Gasteiger partial charge on any atom is 0.401 e. The Morgan fingerprint density at radius 2 is 2.00 bits per heavy atom. The van der Waals surface area contributed by atoms with Gasteiger partial charge in [0, 0.05) is 12.6 Å². The fourth-order valence-electron chi connectivity index (χ4n) is 1.13. The second-order valence-corrected chi connectivity index (χ2v) is 3.55. The Balaban J connectivity index is 2.25. The van der Waals surface area contributed by atoms with Crippen molar-refractivity contribution >= 4 is 0 Å². The number of halogens is 4. The molecule has 0 amide bonds. The lowest BCUT2D eigenvalue weighted by molar-refractivity contribution is -0.124. The number of alkyl halides is 3. The van der Waals surface area contributed by atoms with Gasteiger partial charge in [0.25, 0.3) is 0 Å². The van der Waals surface area contributed by atoms with Crippen molar-refractivity contribution in [3.05, 3.63) is 29.6 Å². The standard InChI is InChI=1S/C11H13F4NO/c1-8-2-3-9(6-10(8)12)17-5-4-16-7-11(13,14)15/h2-3,6,16H,4-5,7H2,1H3. The zero-order valence-electron chi connectivity index (χ0n) is 9.27. The van der Waals surface area contributed by atoms with Crippen LogP contribution in [0, 0.1) is 12.7 Å². The van der Waals surface area contributed by atoms with E-state index < -0.39 is 18.5 Å². The number of hydrogen-bond donors (Lipinski definition) is 1. The maximum absolute atomic E-state index is 13.1. The van der Waals surface area contributed by atoms with Gasteiger partial charge in [0.1, 0.15) is 18.2 Å². The van der Waals surface area contributed by atoms with E-state index >= 15 is 0 Å². The fourth-order valence-corrected chi connectivity index (χ4v) is 1.13. The van der Waals surface area contributed by atoms with Crippen molar-refractivity contribution in [2.24, 2.45) is 0 Å². The third kappa shape index (κ3) is 5.53. The first-order valence-electron chi connectivity index (χ1n) is 5.05. The van der Waals surface area contributed by atoms with E-state index in [1.165, 1.54) is 6.07 Å². The zero-order chi connectivity index (χ0) is 12.9. The molecule has 1 rings (SSSR count). The minimum absolute atomic E-state index is 0.0506. The van der Waals surface area contributed by atoms with Gasteiger partial charge >= 0.3 is 6.18 Å². The Morgan fingerprint density at radius 1 is 1.29 bits per heavy atom. The molecule has 17 heavy (non-hydrogen) atoms. The van der Waals surface area contributed by atoms with Gasteiger partial charge < -0.3 is 10.1 Å². The molecule has 1 aromatic rings. The third-order valence-electron chi connectivity index (χ3n) is 2.02. The first kappa shape index (κ1) is 13.8. The molecule has 0 saturated heterocycles. The molecule has 1 N–H and O–H groups in total. The summed E-state index contributed by atoms with van der Waals surface area (Å²) < 4.78 is 53.4. The van der Waals surface area contributed by atoms with E-state index in [0.29, 0.717) is 11.3 Å². The van der Waals surface area contributed by atoms with Crippen LogP contribution >= 0.6 is 0 Å². The molecule has 0 aromatic heterocycles. The van der Waals surface area contributed by atoms with Crippen LogP contribution in [0.15, 0.2) is 18.2 Å². The minimum atomic E-state index is -4.23. The van der Waals surface area contributed by atoms with Gasteiger partial charge in [-0.2, -0.15) is 13.2 Å². The molecule has 0 bridgehead atoms. The molecule has 0 aliphatic carbocycles. The van der Waals surface area contributed by atoms with E-state index in [9.17, 15) is 17.6 Å². The van der Waals surface area contributed by atoms with Crippen molar-refractivity contribution in [3.63, 3.8) is 0 Å². The van der Waals surface area contributed by atoms with E-state index in [1.54, 1.807) is 19.1 Å². The third-order valence-corrected chi connectivity index (χ3v) is 2.02. The number of nitrogens with one attached hydrogen (secondary N) is 1. The lowest BCUT2D eigenvalue weighted by Crippen LogP contribution is -2.31. The minimum Gasteiger partial charge on any atom is -0.492 e. The van der Waals surface area contributed by atoms with Crippen LogP contribution in [0.3, 0.4) is 0 Å². The predicted octanol–water partition coefficient (Wildman–Crippen LogP) is 2.66. The van der Waals surface area contributed by atoms with Crippen LogP contribution in [0.2, 0.25) is 0 Å². The Hall–Kier alpha value is -1.30. The number of aryl methyl sites for hydroxylation is 1. The van der Waals surface area contributed by atoms with Gasteiger partial charge in [-0.25, -0.2) is 4.39 Å². The van der Waals surface area contributed by atoms with Crippen LogP contribution < -0.4 is 10.1 Å². The molecule has 0 fully saturated rings. The maximum atomic E-state index is 13.1. The number of rotatable bonds is 5. The first-order valence-corrected chi connectivity index (χ1v) is 5.05. The second kappa shape index (κ2) is 5.86. The van der Waals surface area contributed by atoms with E-state index in [2.05, 4.69) is 5.32 Å². The number of hydrogen-bond acceptors (Lipinski definition) is 2. The van der Waals surface area contributed by atoms with Crippen molar-refractivity contribution < 1.29 is 22.3 Å². The van der Waals surface area contributed by atoms with Gasteiger partial charge in [0.15, 0.2) is 0 Å². The quantitative estimate of drug-likeness (QED) is 0.641. The average Bonchev–Trinajstić information content (AvgIpc) is 2.21. The Labute approximate surface area is 96.6 Å². The molecule has 0 saturated carbocycles. The highest BCUT2D eigenvalue weighted by atomic mass is 19.4. The highest BCUT2D eigenvalue weighted by molar-refractivity contribution is 5.27. The summed E-state index contributed by atoms with van der Waals surface area (Å²) in [6.45, 7) is 0.663. The van der Waals surface area contributed by atoms with Crippen LogP contribution in [-0.2, 0) is 0 Å². The Bertz CT molecular complexity index is 365. The summed E-state index contributed by atoms with van der Waals surface area (Å²) in [5.41, 5.74) is 0.493. The molecule has 6 heteroatoms. The highest BCUT2D eigenvalue weighted by Gasteiger charge is 2.25. The van der Waals surface area contributed by atoms with Gasteiger partial charge in [-0.1, -0.05) is 6.07 Å². The molecule has 96 valence electrons. The smallest absolute Gasteiger partial charge is 0.401 e. The monoisotopic (exact) mass is 251 g/mol. The molecule has 0 unspecified atom stereocenters. The molecule has 2 nitrogen and oxygen atoms in total. The van der Waals surface area contributed by atoms with Crippen LogP contribution in [-0.4, -0.2) is 25.9 Å². The topological polar surface area (TPSA) is 21.3 Å². The Morgan fingerprint density at radius 3 is 2.59 bits per heavy atom. The van der Waals surface area contributed by atoms with Gasteiger partial charge in [-0.05, 0) is 18.6 Å². The molecule has 0 aliphatic rings. The van der Waals surface area contributed by atoms with Crippen LogP contribution in [0.25, 0.3) is 0 Å². The molecule has 0 aliphatic heterocycles. The SMILES string of the molecule is Cc1ccc(OCCNCC(F)(F)F)cc1F. The summed E-state index contributed by atoms with van der Waals surface area (Å²) in [5.74, 6) is -0.0901. The summed E-state index contributed by atoms with van der Waals surface area (Å²) in [6.07, 6.45) is -4.23. The summed E-state index contributed by atoms with van der Waals surface area (Å²) in [6, 6.07) is 4.33. The number of ether oxygens (including phenoxy) is 1. The van der Waals surface area contributed by atoms with Crippen molar-refractivity contribution in [1.82, 2.24) is 5.32 Å². The van der Waals surface area contributed by atoms with E-state index in [4.69, 9.17) is 4.74 Å². The Kier molecular flexibility index (Phi) is 4.74. The van der Waals surface area contributed by atoms with Crippen molar-refractivity contribution in [3.8, 4) is 5.75 Å². The first-order chi connectivity index (χ1) is 7.88. The largest absolute Gasteiger partial charge is 0.492 e. The molecular formula is C11H13F4NO. The second-order valence-electron chi connectivity index (χ2n) is 3.55. The van der Waals surface area contributed by atoms with E-state index in [-0.39, 0.29) is 13.2 Å². The van der Waals surface area contributed by atoms with Crippen LogP contribution in [0.4, 0.5) is 17.6 Å². The lowest BCUT2D eigenvalue weighted by Gasteiger charge is -2.09. The van der Waals surface area contributed by atoms with Gasteiger partial charge in [0.05, 0.1) is 6.54 Å². The zero-order valence-corrected chi connectivity index (χ0v) is 9.27. The molecule has 0 spiro atoms. The lowest BCUT2D eigenvalue weighted by atomic mass is 10.2. The summed E-state index contributed by atoms with van der Waals surface area (Å²) in [7, 11) is 0. The molecule has 0 radical (unpaired) electrons. The van der Waals surface area contributed by atoms with Crippen LogP contribution in [0.1, 0.15) is 5.56 Å². The van der Waals surface area contributed by atoms with Crippen LogP contribution in [0.5, 0.6) is 5.75 Å². The molecule has 0 atom stereocenters. The molecule has 1 aromatic carbocycles. The highest BCUT2D eigenvalue weighted by Crippen LogP contribution is 2.15. The van der Waals surface area contributed by atoms with E-state index in [1.807, 2.05) is 0 Å². The summed E-state index contributed by atoms with van der Waals surface area (Å²) in [5, 5.41) is 2.18. The number of benzene rings is 1. The molecular weight excluding hydrogens is 238 g/mol. The van der Waals surface area contributed by atoms with Crippen molar-refractivity contribution in [2.45, 2.75) is 13.1 Å². The van der Waals surface area contributed by atoms with Gasteiger partial charge in [-0.15, -0.1) is 0 Å². The summed E-state index contributed by atoms with van der Waals surface area (Å²) >= 11 is 0. The van der Waals surface area contributed by atoms with Gasteiger partial charge in [-0.3, -0.25) is 0 Å². The predicted molar refractivity (Wildman–Crippen MR) is 55.6 cm³/mol. The fraction of sp³-hybridized carbons (Fsp3) is 0.455.